The summed E-state index contributed by atoms with van der Waals surface area (Å²) in [5.41, 5.74) is 2.21. The molecule has 1 atom stereocenters. The summed E-state index contributed by atoms with van der Waals surface area (Å²) in [4.78, 5) is 28.5. The third kappa shape index (κ3) is 5.18. The predicted octanol–water partition coefficient (Wildman–Crippen LogP) is 1.89. The molecule has 0 radical (unpaired) electrons. The van der Waals surface area contributed by atoms with Crippen LogP contribution in [0.25, 0.3) is 0 Å². The van der Waals surface area contributed by atoms with Crippen LogP contribution < -0.4 is 15.8 Å². The highest BCUT2D eigenvalue weighted by Gasteiger charge is 2.32. The Hall–Kier alpha value is -2.69. The number of carbonyl (C=O) groups excluding carboxylic acids is 2. The van der Waals surface area contributed by atoms with Crippen LogP contribution in [0, 0.1) is 6.92 Å². The topological polar surface area (TPSA) is 131 Å². The Kier molecular flexibility index (Phi) is 5.82. The Morgan fingerprint density at radius 3 is 2.43 bits per heavy atom. The van der Waals surface area contributed by atoms with E-state index in [0.717, 1.165) is 17.3 Å². The standard InChI is InChI=1S/C18H18N4O4S2/c1-11-2-4-12(5-3-11)20-16(23)10-15-17(24)22-18(27-15)21-13-6-8-14(9-7-13)28(19,25)26/h2-9,15H,10H2,1H3,(H,20,23)(H2,19,25,26)(H,21,22,24)/t15-/m0/s1. The van der Waals surface area contributed by atoms with Crippen LogP contribution in [0.2, 0.25) is 0 Å². The van der Waals surface area contributed by atoms with Crippen LogP contribution in [-0.4, -0.2) is 30.6 Å². The summed E-state index contributed by atoms with van der Waals surface area (Å²) in [7, 11) is -3.77. The van der Waals surface area contributed by atoms with Crippen molar-refractivity contribution in [2.24, 2.45) is 10.1 Å². The van der Waals surface area contributed by atoms with Gasteiger partial charge in [-0.25, -0.2) is 18.5 Å². The number of thioether (sulfide) groups is 1. The number of nitrogens with one attached hydrogen (secondary N) is 2. The quantitative estimate of drug-likeness (QED) is 0.682. The summed E-state index contributed by atoms with van der Waals surface area (Å²) in [5, 5.41) is 10.2. The Labute approximate surface area is 166 Å². The van der Waals surface area contributed by atoms with Gasteiger partial charge in [0.05, 0.1) is 10.6 Å². The second-order valence-electron chi connectivity index (χ2n) is 6.17. The summed E-state index contributed by atoms with van der Waals surface area (Å²) in [5.74, 6) is -0.570. The number of amides is 2. The molecule has 0 aliphatic carbocycles. The van der Waals surface area contributed by atoms with Crippen molar-refractivity contribution < 1.29 is 18.0 Å². The van der Waals surface area contributed by atoms with Crippen LogP contribution in [-0.2, 0) is 19.6 Å². The van der Waals surface area contributed by atoms with Crippen molar-refractivity contribution in [3.8, 4) is 0 Å². The van der Waals surface area contributed by atoms with Crippen LogP contribution >= 0.6 is 11.8 Å². The van der Waals surface area contributed by atoms with Gasteiger partial charge in [0.1, 0.15) is 5.25 Å². The lowest BCUT2D eigenvalue weighted by molar-refractivity contribution is -0.122. The molecule has 0 bridgehead atoms. The Morgan fingerprint density at radius 2 is 1.82 bits per heavy atom. The first-order chi connectivity index (χ1) is 13.2. The largest absolute Gasteiger partial charge is 0.326 e. The predicted molar refractivity (Wildman–Crippen MR) is 109 cm³/mol. The van der Waals surface area contributed by atoms with Gasteiger partial charge in [0, 0.05) is 12.1 Å². The molecule has 0 spiro atoms. The van der Waals surface area contributed by atoms with Crippen LogP contribution in [0.15, 0.2) is 58.4 Å². The van der Waals surface area contributed by atoms with E-state index < -0.39 is 15.3 Å². The van der Waals surface area contributed by atoms with Gasteiger partial charge in [-0.15, -0.1) is 0 Å². The molecule has 4 N–H and O–H groups in total. The van der Waals surface area contributed by atoms with Gasteiger partial charge in [-0.3, -0.25) is 9.59 Å². The monoisotopic (exact) mass is 418 g/mol. The number of sulfonamides is 1. The van der Waals surface area contributed by atoms with Crippen LogP contribution in [0.1, 0.15) is 12.0 Å². The zero-order valence-corrected chi connectivity index (χ0v) is 16.5. The number of hydrogen-bond acceptors (Lipinski definition) is 6. The van der Waals surface area contributed by atoms with Crippen molar-refractivity contribution in [3.63, 3.8) is 0 Å². The first kappa shape index (κ1) is 20.1. The van der Waals surface area contributed by atoms with Crippen molar-refractivity contribution in [2.75, 3.05) is 5.32 Å². The molecule has 2 aromatic carbocycles. The van der Waals surface area contributed by atoms with E-state index in [1.807, 2.05) is 19.1 Å². The number of aliphatic imine (C=N–C) groups is 1. The fraction of sp³-hybridized carbons (Fsp3) is 0.167. The molecule has 1 aliphatic heterocycles. The second kappa shape index (κ2) is 8.13. The van der Waals surface area contributed by atoms with Crippen molar-refractivity contribution in [1.29, 1.82) is 0 Å². The van der Waals surface area contributed by atoms with Crippen molar-refractivity contribution >= 4 is 50.1 Å². The highest BCUT2D eigenvalue weighted by molar-refractivity contribution is 8.15. The average Bonchev–Trinajstić information content (AvgIpc) is 2.95. The molecule has 1 saturated heterocycles. The number of carbonyl (C=O) groups is 2. The number of aryl methyl sites for hydroxylation is 1. The van der Waals surface area contributed by atoms with Gasteiger partial charge in [0.25, 0.3) is 0 Å². The molecule has 0 aromatic heterocycles. The lowest BCUT2D eigenvalue weighted by Gasteiger charge is -2.07. The normalized spacial score (nSPS) is 18.1. The Balaban J connectivity index is 1.62. The van der Waals surface area contributed by atoms with E-state index in [0.29, 0.717) is 16.5 Å². The van der Waals surface area contributed by atoms with Gasteiger partial charge in [0.2, 0.25) is 21.8 Å². The minimum atomic E-state index is -3.77. The summed E-state index contributed by atoms with van der Waals surface area (Å²) < 4.78 is 22.5. The van der Waals surface area contributed by atoms with Crippen molar-refractivity contribution in [1.82, 2.24) is 5.32 Å². The third-order valence-corrected chi connectivity index (χ3v) is 5.89. The second-order valence-corrected chi connectivity index (χ2v) is 8.92. The Morgan fingerprint density at radius 1 is 1.18 bits per heavy atom. The van der Waals surface area contributed by atoms with Crippen LogP contribution in [0.4, 0.5) is 11.4 Å². The van der Waals surface area contributed by atoms with E-state index in [-0.39, 0.29) is 23.1 Å². The summed E-state index contributed by atoms with van der Waals surface area (Å²) in [6, 6.07) is 13.0. The molecule has 10 heteroatoms. The van der Waals surface area contributed by atoms with Gasteiger partial charge < -0.3 is 10.6 Å². The number of rotatable bonds is 5. The number of benzene rings is 2. The van der Waals surface area contributed by atoms with Gasteiger partial charge in [-0.1, -0.05) is 29.5 Å². The van der Waals surface area contributed by atoms with Gasteiger partial charge in [-0.2, -0.15) is 0 Å². The molecule has 2 aromatic rings. The molecule has 2 amide bonds. The van der Waals surface area contributed by atoms with Gasteiger partial charge >= 0.3 is 0 Å². The highest BCUT2D eigenvalue weighted by atomic mass is 32.2. The first-order valence-corrected chi connectivity index (χ1v) is 10.7. The maximum atomic E-state index is 12.2. The van der Waals surface area contributed by atoms with E-state index in [1.54, 1.807) is 12.1 Å². The number of nitrogens with two attached hydrogens (primary N) is 1. The minimum absolute atomic E-state index is 0.00769. The molecule has 146 valence electrons. The van der Waals surface area contributed by atoms with E-state index >= 15 is 0 Å². The Bertz CT molecular complexity index is 1030. The average molecular weight is 419 g/mol. The number of primary sulfonamides is 1. The molecule has 8 nitrogen and oxygen atoms in total. The van der Waals surface area contributed by atoms with E-state index in [1.165, 1.54) is 24.3 Å². The fourth-order valence-electron chi connectivity index (χ4n) is 2.44. The zero-order valence-electron chi connectivity index (χ0n) is 14.9. The molecule has 1 heterocycles. The first-order valence-electron chi connectivity index (χ1n) is 8.26. The van der Waals surface area contributed by atoms with Gasteiger partial charge in [-0.05, 0) is 43.3 Å². The molecular formula is C18H18N4O4S2. The maximum absolute atomic E-state index is 12.2. The number of hydrogen-bond donors (Lipinski definition) is 3. The van der Waals surface area contributed by atoms with E-state index in [4.69, 9.17) is 5.14 Å². The van der Waals surface area contributed by atoms with Crippen molar-refractivity contribution in [3.05, 3.63) is 54.1 Å². The van der Waals surface area contributed by atoms with E-state index in [2.05, 4.69) is 15.6 Å². The smallest absolute Gasteiger partial charge is 0.240 e. The molecule has 0 unspecified atom stereocenters. The SMILES string of the molecule is Cc1ccc(NC(=O)C[C@@H]2SC(=Nc3ccc(S(N)(=O)=O)cc3)NC2=O)cc1. The fourth-order valence-corrected chi connectivity index (χ4v) is 3.94. The lowest BCUT2D eigenvalue weighted by Crippen LogP contribution is -2.28. The number of anilines is 1. The third-order valence-electron chi connectivity index (χ3n) is 3.88. The van der Waals surface area contributed by atoms with Crippen molar-refractivity contribution in [2.45, 2.75) is 23.5 Å². The summed E-state index contributed by atoms with van der Waals surface area (Å²) >= 11 is 1.15. The summed E-state index contributed by atoms with van der Waals surface area (Å²) in [6.07, 6.45) is 0.00769. The number of nitrogens with zero attached hydrogens (tertiary/aromatic N) is 1. The van der Waals surface area contributed by atoms with Crippen LogP contribution in [0.5, 0.6) is 0 Å². The molecule has 0 saturated carbocycles. The van der Waals surface area contributed by atoms with Gasteiger partial charge in [0.15, 0.2) is 5.17 Å². The molecule has 1 aliphatic rings. The molecule has 1 fully saturated rings. The van der Waals surface area contributed by atoms with E-state index in [9.17, 15) is 18.0 Å². The molecular weight excluding hydrogens is 400 g/mol. The lowest BCUT2D eigenvalue weighted by atomic mass is 10.2. The van der Waals surface area contributed by atoms with Crippen LogP contribution in [0.3, 0.4) is 0 Å². The molecule has 28 heavy (non-hydrogen) atoms. The molecule has 3 rings (SSSR count). The maximum Gasteiger partial charge on any atom is 0.240 e. The minimum Gasteiger partial charge on any atom is -0.326 e. The summed E-state index contributed by atoms with van der Waals surface area (Å²) in [6.45, 7) is 1.95. The zero-order chi connectivity index (χ0) is 20.3. The number of amidine groups is 1. The highest BCUT2D eigenvalue weighted by Crippen LogP contribution is 2.26.